The number of carbonyl (C=O) groups is 2. The van der Waals surface area contributed by atoms with Gasteiger partial charge in [0.25, 0.3) is 0 Å². The van der Waals surface area contributed by atoms with Gasteiger partial charge in [0.05, 0.1) is 11.3 Å². The lowest BCUT2D eigenvalue weighted by molar-refractivity contribution is 0.0698. The minimum Gasteiger partial charge on any atom is -0.478 e. The summed E-state index contributed by atoms with van der Waals surface area (Å²) in [5.74, 6) is -1.06. The van der Waals surface area contributed by atoms with Crippen LogP contribution < -0.4 is 5.32 Å². The summed E-state index contributed by atoms with van der Waals surface area (Å²) in [5, 5.41) is 12.0. The Bertz CT molecular complexity index is 552. The number of likely N-dealkylation sites (tertiary alicyclic amines) is 1. The fourth-order valence-electron chi connectivity index (χ4n) is 2.80. The van der Waals surface area contributed by atoms with Crippen LogP contribution in [-0.4, -0.2) is 34.1 Å². The van der Waals surface area contributed by atoms with E-state index in [9.17, 15) is 14.7 Å². The smallest absolute Gasteiger partial charge is 0.337 e. The molecule has 6 heteroatoms. The number of carbonyl (C=O) groups excluding carboxylic acids is 1. The highest BCUT2D eigenvalue weighted by atomic mass is 79.9. The van der Waals surface area contributed by atoms with Gasteiger partial charge >= 0.3 is 12.0 Å². The normalized spacial score (nSPS) is 22.0. The summed E-state index contributed by atoms with van der Waals surface area (Å²) in [5.41, 5.74) is 0.399. The molecule has 2 N–H and O–H groups in total. The molecule has 1 aromatic carbocycles. The molecule has 114 valence electrons. The van der Waals surface area contributed by atoms with E-state index in [1.54, 1.807) is 17.0 Å². The van der Waals surface area contributed by atoms with Crippen molar-refractivity contribution >= 4 is 33.6 Å². The van der Waals surface area contributed by atoms with Crippen LogP contribution >= 0.6 is 15.9 Å². The van der Waals surface area contributed by atoms with Crippen molar-refractivity contribution in [2.75, 3.05) is 5.32 Å². The number of amides is 2. The molecule has 2 rings (SSSR count). The molecule has 21 heavy (non-hydrogen) atoms. The Morgan fingerprint density at radius 3 is 2.48 bits per heavy atom. The van der Waals surface area contributed by atoms with Gasteiger partial charge in [-0.3, -0.25) is 0 Å². The maximum Gasteiger partial charge on any atom is 0.337 e. The van der Waals surface area contributed by atoms with Crippen molar-refractivity contribution in [2.24, 2.45) is 0 Å². The third-order valence-electron chi connectivity index (χ3n) is 3.88. The van der Waals surface area contributed by atoms with Gasteiger partial charge in [0.2, 0.25) is 0 Å². The molecule has 1 fully saturated rings. The van der Waals surface area contributed by atoms with Crippen molar-refractivity contribution in [3.05, 3.63) is 28.2 Å². The van der Waals surface area contributed by atoms with E-state index in [0.29, 0.717) is 10.2 Å². The Kier molecular flexibility index (Phi) is 4.88. The van der Waals surface area contributed by atoms with E-state index in [-0.39, 0.29) is 23.7 Å². The maximum absolute atomic E-state index is 12.5. The summed E-state index contributed by atoms with van der Waals surface area (Å²) in [7, 11) is 0. The Morgan fingerprint density at radius 1 is 1.29 bits per heavy atom. The van der Waals surface area contributed by atoms with Crippen LogP contribution in [0.2, 0.25) is 0 Å². The fraction of sp³-hybridized carbons (Fsp3) is 0.467. The van der Waals surface area contributed by atoms with Gasteiger partial charge in [-0.25, -0.2) is 9.59 Å². The largest absolute Gasteiger partial charge is 0.478 e. The molecule has 0 aromatic heterocycles. The van der Waals surface area contributed by atoms with Crippen LogP contribution in [0.15, 0.2) is 22.7 Å². The molecule has 0 bridgehead atoms. The quantitative estimate of drug-likeness (QED) is 0.844. The molecule has 0 saturated carbocycles. The fourth-order valence-corrected chi connectivity index (χ4v) is 3.16. The molecule has 2 amide bonds. The van der Waals surface area contributed by atoms with Gasteiger partial charge in [-0.1, -0.05) is 15.9 Å². The van der Waals surface area contributed by atoms with Crippen molar-refractivity contribution in [2.45, 2.75) is 45.2 Å². The van der Waals surface area contributed by atoms with E-state index in [4.69, 9.17) is 0 Å². The number of nitrogens with one attached hydrogen (secondary N) is 1. The summed E-state index contributed by atoms with van der Waals surface area (Å²) in [6, 6.07) is 4.89. The van der Waals surface area contributed by atoms with Crippen LogP contribution in [0.3, 0.4) is 0 Å². The number of carboxylic acids is 1. The standard InChI is InChI=1S/C15H19BrN2O3/c1-9-4-3-5-10(2)18(9)15(21)17-13-7-6-11(16)8-12(13)14(19)20/h6-10H,3-5H2,1-2H3,(H,17,21)(H,19,20)/t9-,10+. The second kappa shape index (κ2) is 6.47. The highest BCUT2D eigenvalue weighted by Crippen LogP contribution is 2.25. The number of rotatable bonds is 2. The van der Waals surface area contributed by atoms with Gasteiger partial charge in [-0.05, 0) is 51.3 Å². The lowest BCUT2D eigenvalue weighted by Gasteiger charge is -2.39. The topological polar surface area (TPSA) is 69.6 Å². The van der Waals surface area contributed by atoms with Crippen LogP contribution in [0.25, 0.3) is 0 Å². The molecule has 1 aromatic rings. The lowest BCUT2D eigenvalue weighted by atomic mass is 9.98. The maximum atomic E-state index is 12.5. The molecule has 0 spiro atoms. The third kappa shape index (κ3) is 3.56. The van der Waals surface area contributed by atoms with Gasteiger partial charge in [0.1, 0.15) is 0 Å². The zero-order chi connectivity index (χ0) is 15.6. The van der Waals surface area contributed by atoms with E-state index < -0.39 is 5.97 Å². The van der Waals surface area contributed by atoms with Gasteiger partial charge in [0, 0.05) is 16.6 Å². The molecule has 0 aliphatic carbocycles. The highest BCUT2D eigenvalue weighted by Gasteiger charge is 2.29. The van der Waals surface area contributed by atoms with E-state index in [1.165, 1.54) is 6.07 Å². The molecule has 2 atom stereocenters. The van der Waals surface area contributed by atoms with Crippen molar-refractivity contribution in [3.8, 4) is 0 Å². The molecule has 0 radical (unpaired) electrons. The summed E-state index contributed by atoms with van der Waals surface area (Å²) in [6.45, 7) is 4.05. The molecule has 1 saturated heterocycles. The van der Waals surface area contributed by atoms with E-state index in [1.807, 2.05) is 13.8 Å². The number of halogens is 1. The van der Waals surface area contributed by atoms with Crippen LogP contribution in [0.4, 0.5) is 10.5 Å². The Morgan fingerprint density at radius 2 is 1.90 bits per heavy atom. The number of carboxylic acid groups (broad SMARTS) is 1. The number of anilines is 1. The van der Waals surface area contributed by atoms with E-state index in [2.05, 4.69) is 21.2 Å². The van der Waals surface area contributed by atoms with Crippen LogP contribution in [0, 0.1) is 0 Å². The first kappa shape index (κ1) is 15.8. The predicted molar refractivity (Wildman–Crippen MR) is 84.7 cm³/mol. The number of aromatic carboxylic acids is 1. The first-order valence-corrected chi connectivity index (χ1v) is 7.81. The second-order valence-electron chi connectivity index (χ2n) is 5.46. The number of urea groups is 1. The Balaban J connectivity index is 2.21. The lowest BCUT2D eigenvalue weighted by Crippen LogP contribution is -2.49. The summed E-state index contributed by atoms with van der Waals surface area (Å²) in [6.07, 6.45) is 3.07. The molecule has 1 aliphatic rings. The molecular weight excluding hydrogens is 336 g/mol. The first-order chi connectivity index (χ1) is 9.90. The third-order valence-corrected chi connectivity index (χ3v) is 4.37. The van der Waals surface area contributed by atoms with E-state index >= 15 is 0 Å². The number of benzene rings is 1. The summed E-state index contributed by atoms with van der Waals surface area (Å²) in [4.78, 5) is 25.5. The van der Waals surface area contributed by atoms with Gasteiger partial charge in [-0.2, -0.15) is 0 Å². The van der Waals surface area contributed by atoms with Crippen LogP contribution in [0.1, 0.15) is 43.5 Å². The van der Waals surface area contributed by atoms with Crippen LogP contribution in [-0.2, 0) is 0 Å². The SMILES string of the molecule is C[C@@H]1CCC[C@H](C)N1C(=O)Nc1ccc(Br)cc1C(=O)O. The predicted octanol–water partition coefficient (Wildman–Crippen LogP) is 3.94. The van der Waals surface area contributed by atoms with Crippen molar-refractivity contribution in [1.82, 2.24) is 4.90 Å². The van der Waals surface area contributed by atoms with Crippen LogP contribution in [0.5, 0.6) is 0 Å². The number of piperidine rings is 1. The summed E-state index contributed by atoms with van der Waals surface area (Å²) >= 11 is 3.24. The zero-order valence-corrected chi connectivity index (χ0v) is 13.7. The van der Waals surface area contributed by atoms with E-state index in [0.717, 1.165) is 19.3 Å². The Hall–Kier alpha value is -1.56. The second-order valence-corrected chi connectivity index (χ2v) is 6.38. The minimum atomic E-state index is -1.06. The van der Waals surface area contributed by atoms with Gasteiger partial charge in [0.15, 0.2) is 0 Å². The molecule has 1 heterocycles. The monoisotopic (exact) mass is 354 g/mol. The van der Waals surface area contributed by atoms with Crippen molar-refractivity contribution in [1.29, 1.82) is 0 Å². The summed E-state index contributed by atoms with van der Waals surface area (Å²) < 4.78 is 0.664. The molecule has 1 aliphatic heterocycles. The zero-order valence-electron chi connectivity index (χ0n) is 12.1. The molecule has 0 unspecified atom stereocenters. The average molecular weight is 355 g/mol. The number of nitrogens with zero attached hydrogens (tertiary/aromatic N) is 1. The Labute approximate surface area is 132 Å². The van der Waals surface area contributed by atoms with Crippen molar-refractivity contribution in [3.63, 3.8) is 0 Å². The van der Waals surface area contributed by atoms with Crippen molar-refractivity contribution < 1.29 is 14.7 Å². The average Bonchev–Trinajstić information content (AvgIpc) is 2.40. The van der Waals surface area contributed by atoms with Gasteiger partial charge < -0.3 is 15.3 Å². The van der Waals surface area contributed by atoms with Gasteiger partial charge in [-0.15, -0.1) is 0 Å². The first-order valence-electron chi connectivity index (χ1n) is 7.02. The number of hydrogen-bond acceptors (Lipinski definition) is 2. The molecular formula is C15H19BrN2O3. The highest BCUT2D eigenvalue weighted by molar-refractivity contribution is 9.10. The number of hydrogen-bond donors (Lipinski definition) is 2. The molecule has 5 nitrogen and oxygen atoms in total. The minimum absolute atomic E-state index is 0.0787.